The Morgan fingerprint density at radius 1 is 1.00 bits per heavy atom. The Kier molecular flexibility index (Phi) is 5.11. The lowest BCUT2D eigenvalue weighted by atomic mass is 10.1. The summed E-state index contributed by atoms with van der Waals surface area (Å²) in [6.07, 6.45) is 0.780. The normalized spacial score (nSPS) is 11.8. The molecule has 1 aromatic carbocycles. The van der Waals surface area contributed by atoms with Crippen LogP contribution in [0.1, 0.15) is 34.1 Å². The second-order valence-corrected chi connectivity index (χ2v) is 7.58. The number of rotatable bonds is 6. The van der Waals surface area contributed by atoms with Crippen LogP contribution in [0.3, 0.4) is 0 Å². The average molecular weight is 354 g/mol. The molecule has 2 heterocycles. The molecule has 6 nitrogen and oxygen atoms in total. The molecule has 3 rings (SSSR count). The number of hydrogen-bond acceptors (Lipinski definition) is 3. The lowest BCUT2D eigenvalue weighted by Gasteiger charge is -2.13. The Morgan fingerprint density at radius 3 is 2.31 bits per heavy atom. The molecule has 0 aliphatic heterocycles. The molecule has 0 aliphatic rings. The van der Waals surface area contributed by atoms with E-state index in [0.717, 1.165) is 12.0 Å². The SMILES string of the molecule is CC(C)CCn1c(=O)c2[nH]c(-c3ccccc3)nc2n(CC(C)C)c1=O. The molecule has 3 aromatic rings. The highest BCUT2D eigenvalue weighted by molar-refractivity contribution is 5.75. The van der Waals surface area contributed by atoms with E-state index in [4.69, 9.17) is 0 Å². The van der Waals surface area contributed by atoms with Crippen molar-refractivity contribution in [1.29, 1.82) is 0 Å². The van der Waals surface area contributed by atoms with E-state index in [-0.39, 0.29) is 17.2 Å². The summed E-state index contributed by atoms with van der Waals surface area (Å²) in [5.74, 6) is 1.29. The Morgan fingerprint density at radius 2 is 1.69 bits per heavy atom. The van der Waals surface area contributed by atoms with Crippen molar-refractivity contribution in [3.63, 3.8) is 0 Å². The molecule has 0 aliphatic carbocycles. The van der Waals surface area contributed by atoms with Gasteiger partial charge in [-0.1, -0.05) is 58.0 Å². The lowest BCUT2D eigenvalue weighted by molar-refractivity contribution is 0.457. The van der Waals surface area contributed by atoms with E-state index in [2.05, 4.69) is 23.8 Å². The molecule has 2 aromatic heterocycles. The highest BCUT2D eigenvalue weighted by Crippen LogP contribution is 2.18. The molecule has 0 bridgehead atoms. The van der Waals surface area contributed by atoms with Crippen molar-refractivity contribution in [2.45, 2.75) is 47.2 Å². The van der Waals surface area contributed by atoms with Gasteiger partial charge in [-0.05, 0) is 18.3 Å². The number of benzene rings is 1. The summed E-state index contributed by atoms with van der Waals surface area (Å²) >= 11 is 0. The third-order valence-corrected chi connectivity index (χ3v) is 4.39. The van der Waals surface area contributed by atoms with E-state index in [0.29, 0.717) is 36.0 Å². The summed E-state index contributed by atoms with van der Waals surface area (Å²) in [5, 5.41) is 0. The second-order valence-electron chi connectivity index (χ2n) is 7.58. The number of aromatic amines is 1. The van der Waals surface area contributed by atoms with E-state index in [1.165, 1.54) is 4.57 Å². The molecular weight excluding hydrogens is 328 g/mol. The highest BCUT2D eigenvalue weighted by atomic mass is 16.2. The van der Waals surface area contributed by atoms with Gasteiger partial charge in [0.25, 0.3) is 5.56 Å². The maximum absolute atomic E-state index is 13.0. The van der Waals surface area contributed by atoms with Crippen LogP contribution in [0.25, 0.3) is 22.6 Å². The van der Waals surface area contributed by atoms with Gasteiger partial charge in [0.2, 0.25) is 0 Å². The second kappa shape index (κ2) is 7.32. The van der Waals surface area contributed by atoms with Crippen molar-refractivity contribution >= 4 is 11.2 Å². The minimum absolute atomic E-state index is 0.267. The third-order valence-electron chi connectivity index (χ3n) is 4.39. The van der Waals surface area contributed by atoms with Crippen molar-refractivity contribution in [2.24, 2.45) is 11.8 Å². The van der Waals surface area contributed by atoms with E-state index in [1.54, 1.807) is 4.57 Å². The van der Waals surface area contributed by atoms with Crippen molar-refractivity contribution in [1.82, 2.24) is 19.1 Å². The Labute approximate surface area is 152 Å². The van der Waals surface area contributed by atoms with Crippen molar-refractivity contribution in [3.8, 4) is 11.4 Å². The number of nitrogens with one attached hydrogen (secondary N) is 1. The first-order chi connectivity index (χ1) is 12.4. The Hall–Kier alpha value is -2.63. The van der Waals surface area contributed by atoms with E-state index in [9.17, 15) is 9.59 Å². The van der Waals surface area contributed by atoms with Crippen LogP contribution in [0.4, 0.5) is 0 Å². The van der Waals surface area contributed by atoms with Gasteiger partial charge in [0.05, 0.1) is 0 Å². The first-order valence-corrected chi connectivity index (χ1v) is 9.17. The topological polar surface area (TPSA) is 72.7 Å². The van der Waals surface area contributed by atoms with Crippen LogP contribution in [0, 0.1) is 11.8 Å². The summed E-state index contributed by atoms with van der Waals surface area (Å²) in [4.78, 5) is 33.6. The van der Waals surface area contributed by atoms with Crippen LogP contribution in [-0.4, -0.2) is 19.1 Å². The summed E-state index contributed by atoms with van der Waals surface area (Å²) in [7, 11) is 0. The van der Waals surface area contributed by atoms with Gasteiger partial charge < -0.3 is 4.98 Å². The maximum Gasteiger partial charge on any atom is 0.332 e. The Balaban J connectivity index is 2.24. The maximum atomic E-state index is 13.0. The molecule has 0 atom stereocenters. The summed E-state index contributed by atoms with van der Waals surface area (Å²) in [6, 6.07) is 9.63. The fourth-order valence-electron chi connectivity index (χ4n) is 3.01. The first kappa shape index (κ1) is 18.2. The fraction of sp³-hybridized carbons (Fsp3) is 0.450. The van der Waals surface area contributed by atoms with Gasteiger partial charge in [-0.15, -0.1) is 0 Å². The van der Waals surface area contributed by atoms with E-state index < -0.39 is 0 Å². The molecule has 0 fully saturated rings. The minimum Gasteiger partial charge on any atom is -0.332 e. The van der Waals surface area contributed by atoms with E-state index in [1.807, 2.05) is 44.2 Å². The molecule has 26 heavy (non-hydrogen) atoms. The quantitative estimate of drug-likeness (QED) is 0.738. The number of hydrogen-bond donors (Lipinski definition) is 1. The van der Waals surface area contributed by atoms with Crippen LogP contribution in [0.5, 0.6) is 0 Å². The number of nitrogens with zero attached hydrogens (tertiary/aromatic N) is 3. The number of imidazole rings is 1. The smallest absolute Gasteiger partial charge is 0.332 e. The van der Waals surface area contributed by atoms with E-state index >= 15 is 0 Å². The molecule has 0 unspecified atom stereocenters. The molecule has 138 valence electrons. The standard InChI is InChI=1S/C20H26N4O2/c1-13(2)10-11-23-19(25)16-18(24(20(23)26)12-14(3)4)22-17(21-16)15-8-6-5-7-9-15/h5-9,13-14H,10-12H2,1-4H3,(H,21,22). The van der Waals surface area contributed by atoms with Crippen LogP contribution in [0.15, 0.2) is 39.9 Å². The monoisotopic (exact) mass is 354 g/mol. The zero-order valence-electron chi connectivity index (χ0n) is 15.8. The van der Waals surface area contributed by atoms with Gasteiger partial charge in [-0.25, -0.2) is 9.78 Å². The molecule has 0 spiro atoms. The van der Waals surface area contributed by atoms with Gasteiger partial charge in [0.15, 0.2) is 5.65 Å². The zero-order valence-corrected chi connectivity index (χ0v) is 15.8. The molecule has 1 N–H and O–H groups in total. The van der Waals surface area contributed by atoms with Crippen molar-refractivity contribution < 1.29 is 0 Å². The van der Waals surface area contributed by atoms with Crippen LogP contribution in [-0.2, 0) is 13.1 Å². The van der Waals surface area contributed by atoms with Crippen molar-refractivity contribution in [3.05, 3.63) is 51.2 Å². The van der Waals surface area contributed by atoms with Crippen LogP contribution >= 0.6 is 0 Å². The molecule has 6 heteroatoms. The molecule has 0 radical (unpaired) electrons. The van der Waals surface area contributed by atoms with Crippen LogP contribution < -0.4 is 11.2 Å². The zero-order chi connectivity index (χ0) is 18.8. The molecule has 0 amide bonds. The molecule has 0 saturated carbocycles. The predicted molar refractivity (Wildman–Crippen MR) is 104 cm³/mol. The van der Waals surface area contributed by atoms with Gasteiger partial charge in [-0.3, -0.25) is 13.9 Å². The largest absolute Gasteiger partial charge is 0.332 e. The van der Waals surface area contributed by atoms with Crippen LogP contribution in [0.2, 0.25) is 0 Å². The van der Waals surface area contributed by atoms with Gasteiger partial charge in [-0.2, -0.15) is 0 Å². The average Bonchev–Trinajstić information content (AvgIpc) is 3.04. The predicted octanol–water partition coefficient (Wildman–Crippen LogP) is 3.26. The number of H-pyrrole nitrogens is 1. The lowest BCUT2D eigenvalue weighted by Crippen LogP contribution is -2.41. The summed E-state index contributed by atoms with van der Waals surface area (Å²) in [5.41, 5.74) is 1.16. The minimum atomic E-state index is -0.291. The number of aromatic nitrogens is 4. The number of fused-ring (bicyclic) bond motifs is 1. The van der Waals surface area contributed by atoms with Gasteiger partial charge >= 0.3 is 5.69 Å². The van der Waals surface area contributed by atoms with Gasteiger partial charge in [0.1, 0.15) is 11.3 Å². The van der Waals surface area contributed by atoms with Crippen molar-refractivity contribution in [2.75, 3.05) is 0 Å². The Bertz CT molecular complexity index is 1010. The first-order valence-electron chi connectivity index (χ1n) is 9.17. The highest BCUT2D eigenvalue weighted by Gasteiger charge is 2.18. The third kappa shape index (κ3) is 3.49. The summed E-state index contributed by atoms with van der Waals surface area (Å²) < 4.78 is 2.97. The summed E-state index contributed by atoms with van der Waals surface area (Å²) in [6.45, 7) is 9.21. The van der Waals surface area contributed by atoms with Gasteiger partial charge in [0, 0.05) is 18.7 Å². The molecular formula is C20H26N4O2. The molecule has 0 saturated heterocycles. The fourth-order valence-corrected chi connectivity index (χ4v) is 3.01.